The summed E-state index contributed by atoms with van der Waals surface area (Å²) in [4.78, 5) is 19.5. The second kappa shape index (κ2) is 11.5. The molecule has 2 aromatic heterocycles. The highest BCUT2D eigenvalue weighted by Gasteiger charge is 2.36. The molecule has 2 fully saturated rings. The number of ether oxygens (including phenoxy) is 1. The molecule has 8 nitrogen and oxygen atoms in total. The average molecular weight is 546 g/mol. The van der Waals surface area contributed by atoms with Crippen LogP contribution in [0.4, 0.5) is 46.7 Å². The number of nitrogens with zero attached hydrogens (tertiary/aromatic N) is 6. The van der Waals surface area contributed by atoms with Crippen LogP contribution in [0, 0.1) is 5.82 Å². The zero-order valence-electron chi connectivity index (χ0n) is 21.7. The van der Waals surface area contributed by atoms with Crippen molar-refractivity contribution >= 4 is 29.1 Å². The molecule has 2 aliphatic heterocycles. The van der Waals surface area contributed by atoms with Crippen molar-refractivity contribution in [2.45, 2.75) is 31.9 Å². The first-order valence-corrected chi connectivity index (χ1v) is 13.1. The minimum absolute atomic E-state index is 0.0567. The molecule has 0 atom stereocenters. The van der Waals surface area contributed by atoms with Crippen molar-refractivity contribution in [2.24, 2.45) is 0 Å². The van der Waals surface area contributed by atoms with Gasteiger partial charge in [-0.3, -0.25) is 0 Å². The summed E-state index contributed by atoms with van der Waals surface area (Å²) in [5.41, 5.74) is -0.223. The molecule has 1 N–H and O–H groups in total. The third-order valence-corrected chi connectivity index (χ3v) is 6.98. The zero-order valence-corrected chi connectivity index (χ0v) is 21.7. The van der Waals surface area contributed by atoms with E-state index in [1.165, 1.54) is 31.9 Å². The Morgan fingerprint density at radius 1 is 0.846 bits per heavy atom. The van der Waals surface area contributed by atoms with Crippen LogP contribution in [0.15, 0.2) is 42.6 Å². The number of nitrogens with one attached hydrogen (secondary N) is 1. The lowest BCUT2D eigenvalue weighted by Crippen LogP contribution is -2.34. The van der Waals surface area contributed by atoms with Crippen LogP contribution < -0.4 is 24.8 Å². The number of rotatable bonds is 6. The average Bonchev–Trinajstić information content (AvgIpc) is 3.20. The standard InChI is InChI=1S/C27H31F4N7O/c1-39-22-9-8-19(17-21(22)28)33-23-18-24(36-11-3-2-4-12-36)35-26(34-23)38-14-6-13-37(15-16-38)25-20(27(29,30)31)7-5-10-32-25/h5,7-10,17-18H,2-4,6,11-16H2,1H3,(H,33,34,35). The van der Waals surface area contributed by atoms with Crippen LogP contribution in [-0.4, -0.2) is 61.3 Å². The summed E-state index contributed by atoms with van der Waals surface area (Å²) >= 11 is 0. The number of halogens is 4. The Morgan fingerprint density at radius 2 is 1.59 bits per heavy atom. The quantitative estimate of drug-likeness (QED) is 0.408. The molecular weight excluding hydrogens is 514 g/mol. The van der Waals surface area contributed by atoms with Crippen LogP contribution in [-0.2, 0) is 6.18 Å². The van der Waals surface area contributed by atoms with Crippen molar-refractivity contribution < 1.29 is 22.3 Å². The molecule has 2 saturated heterocycles. The van der Waals surface area contributed by atoms with E-state index in [0.29, 0.717) is 50.1 Å². The lowest BCUT2D eigenvalue weighted by Gasteiger charge is -2.30. The van der Waals surface area contributed by atoms with E-state index in [1.54, 1.807) is 17.0 Å². The Morgan fingerprint density at radius 3 is 2.33 bits per heavy atom. The topological polar surface area (TPSA) is 69.7 Å². The summed E-state index contributed by atoms with van der Waals surface area (Å²) in [5.74, 6) is 1.35. The summed E-state index contributed by atoms with van der Waals surface area (Å²) in [5, 5.41) is 3.18. The summed E-state index contributed by atoms with van der Waals surface area (Å²) in [6, 6.07) is 8.82. The Balaban J connectivity index is 1.41. The van der Waals surface area contributed by atoms with Crippen molar-refractivity contribution in [3.63, 3.8) is 0 Å². The fourth-order valence-electron chi connectivity index (χ4n) is 5.00. The molecule has 0 amide bonds. The molecule has 0 radical (unpaired) electrons. The first-order valence-electron chi connectivity index (χ1n) is 13.1. The number of aromatic nitrogens is 3. The Labute approximate surface area is 224 Å². The van der Waals surface area contributed by atoms with Crippen LogP contribution in [0.1, 0.15) is 31.2 Å². The number of piperidine rings is 1. The third kappa shape index (κ3) is 6.26. The molecule has 0 saturated carbocycles. The molecule has 0 unspecified atom stereocenters. The van der Waals surface area contributed by atoms with Crippen LogP contribution >= 0.6 is 0 Å². The lowest BCUT2D eigenvalue weighted by atomic mass is 10.1. The highest BCUT2D eigenvalue weighted by atomic mass is 19.4. The highest BCUT2D eigenvalue weighted by molar-refractivity contribution is 5.63. The van der Waals surface area contributed by atoms with Gasteiger partial charge in [0.25, 0.3) is 0 Å². The molecular formula is C27H31F4N7O. The van der Waals surface area contributed by atoms with Gasteiger partial charge in [0.05, 0.1) is 12.7 Å². The van der Waals surface area contributed by atoms with Gasteiger partial charge in [0.15, 0.2) is 11.6 Å². The number of hydrogen-bond acceptors (Lipinski definition) is 8. The monoisotopic (exact) mass is 545 g/mol. The number of hydrogen-bond donors (Lipinski definition) is 1. The molecule has 2 aliphatic rings. The van der Waals surface area contributed by atoms with Crippen molar-refractivity contribution in [1.29, 1.82) is 0 Å². The molecule has 39 heavy (non-hydrogen) atoms. The summed E-state index contributed by atoms with van der Waals surface area (Å²) in [6.45, 7) is 3.52. The smallest absolute Gasteiger partial charge is 0.419 e. The first kappa shape index (κ1) is 26.8. The Kier molecular flexibility index (Phi) is 7.89. The Hall–Kier alpha value is -3.83. The summed E-state index contributed by atoms with van der Waals surface area (Å²) in [6.07, 6.45) is 0.811. The van der Waals surface area contributed by atoms with Crippen molar-refractivity contribution in [3.8, 4) is 5.75 Å². The van der Waals surface area contributed by atoms with E-state index in [2.05, 4.69) is 15.2 Å². The molecule has 4 heterocycles. The van der Waals surface area contributed by atoms with E-state index >= 15 is 0 Å². The van der Waals surface area contributed by atoms with E-state index < -0.39 is 17.6 Å². The fraction of sp³-hybridized carbons (Fsp3) is 0.444. The minimum Gasteiger partial charge on any atom is -0.494 e. The number of benzene rings is 1. The second-order valence-electron chi connectivity index (χ2n) is 9.63. The van der Waals surface area contributed by atoms with Crippen LogP contribution in [0.2, 0.25) is 0 Å². The van der Waals surface area contributed by atoms with Crippen LogP contribution in [0.5, 0.6) is 5.75 Å². The van der Waals surface area contributed by atoms with Gasteiger partial charge in [0.1, 0.15) is 17.5 Å². The normalized spacial score (nSPS) is 16.7. The maximum absolute atomic E-state index is 14.3. The molecule has 5 rings (SSSR count). The summed E-state index contributed by atoms with van der Waals surface area (Å²) in [7, 11) is 1.41. The second-order valence-corrected chi connectivity index (χ2v) is 9.63. The van der Waals surface area contributed by atoms with Crippen LogP contribution in [0.3, 0.4) is 0 Å². The van der Waals surface area contributed by atoms with Crippen molar-refractivity contribution in [2.75, 3.05) is 66.4 Å². The molecule has 3 aromatic rings. The summed E-state index contributed by atoms with van der Waals surface area (Å²) < 4.78 is 60.2. The number of pyridine rings is 1. The third-order valence-electron chi connectivity index (χ3n) is 6.98. The molecule has 12 heteroatoms. The van der Waals surface area contributed by atoms with E-state index in [-0.39, 0.29) is 11.6 Å². The predicted molar refractivity (Wildman–Crippen MR) is 143 cm³/mol. The fourth-order valence-corrected chi connectivity index (χ4v) is 5.00. The predicted octanol–water partition coefficient (Wildman–Crippen LogP) is 5.49. The van der Waals surface area contributed by atoms with Crippen molar-refractivity contribution in [3.05, 3.63) is 54.0 Å². The largest absolute Gasteiger partial charge is 0.494 e. The SMILES string of the molecule is COc1ccc(Nc2cc(N3CCCCC3)nc(N3CCCN(c4ncccc4C(F)(F)F)CC3)n2)cc1F. The number of alkyl halides is 3. The van der Waals surface area contributed by atoms with E-state index in [9.17, 15) is 17.6 Å². The van der Waals surface area contributed by atoms with E-state index in [0.717, 1.165) is 37.8 Å². The molecule has 1 aromatic carbocycles. The van der Waals surface area contributed by atoms with Crippen LogP contribution in [0.25, 0.3) is 0 Å². The van der Waals surface area contributed by atoms with Gasteiger partial charge in [-0.15, -0.1) is 0 Å². The zero-order chi connectivity index (χ0) is 27.4. The Bertz CT molecular complexity index is 1280. The lowest BCUT2D eigenvalue weighted by molar-refractivity contribution is -0.137. The van der Waals surface area contributed by atoms with Gasteiger partial charge >= 0.3 is 6.18 Å². The molecule has 0 aliphatic carbocycles. The molecule has 0 bridgehead atoms. The van der Waals surface area contributed by atoms with Gasteiger partial charge in [-0.2, -0.15) is 23.1 Å². The maximum atomic E-state index is 14.3. The van der Waals surface area contributed by atoms with Gasteiger partial charge in [-0.1, -0.05) is 0 Å². The van der Waals surface area contributed by atoms with Gasteiger partial charge in [0.2, 0.25) is 5.95 Å². The van der Waals surface area contributed by atoms with Gasteiger partial charge < -0.3 is 24.8 Å². The van der Waals surface area contributed by atoms with E-state index in [1.807, 2.05) is 11.0 Å². The minimum atomic E-state index is -4.48. The molecule has 208 valence electrons. The first-order chi connectivity index (χ1) is 18.8. The maximum Gasteiger partial charge on any atom is 0.419 e. The number of methoxy groups -OCH3 is 1. The van der Waals surface area contributed by atoms with Gasteiger partial charge in [-0.25, -0.2) is 9.37 Å². The highest BCUT2D eigenvalue weighted by Crippen LogP contribution is 2.35. The van der Waals surface area contributed by atoms with Gasteiger partial charge in [-0.05, 0) is 49.9 Å². The number of anilines is 5. The van der Waals surface area contributed by atoms with E-state index in [4.69, 9.17) is 14.7 Å². The molecule has 0 spiro atoms. The van der Waals surface area contributed by atoms with Gasteiger partial charge in [0, 0.05) is 63.3 Å². The van der Waals surface area contributed by atoms with Crippen molar-refractivity contribution in [1.82, 2.24) is 15.0 Å².